The molecule has 4 aromatic rings. The molecule has 0 atom stereocenters. The molecule has 0 unspecified atom stereocenters. The summed E-state index contributed by atoms with van der Waals surface area (Å²) in [6, 6.07) is 21.1. The van der Waals surface area contributed by atoms with Crippen molar-refractivity contribution in [2.75, 3.05) is 14.2 Å². The van der Waals surface area contributed by atoms with Crippen LogP contribution < -0.4 is 14.8 Å². The number of aromatic nitrogens is 1. The molecule has 0 aliphatic rings. The van der Waals surface area contributed by atoms with Crippen molar-refractivity contribution < 1.29 is 19.0 Å². The largest absolute Gasteiger partial charge is 0.497 e. The molecule has 0 aliphatic heterocycles. The van der Waals surface area contributed by atoms with Crippen LogP contribution in [0.1, 0.15) is 5.56 Å². The molecule has 1 aromatic heterocycles. The van der Waals surface area contributed by atoms with Crippen LogP contribution in [0.5, 0.6) is 17.2 Å². The Morgan fingerprint density at radius 3 is 2.41 bits per heavy atom. The van der Waals surface area contributed by atoms with Crippen LogP contribution in [0.25, 0.3) is 21.8 Å². The Kier molecular flexibility index (Phi) is 5.16. The first-order valence-corrected chi connectivity index (χ1v) is 9.16. The summed E-state index contributed by atoms with van der Waals surface area (Å²) in [6.07, 6.45) is -0.463. The number of pyridine rings is 1. The predicted molar refractivity (Wildman–Crippen MR) is 112 cm³/mol. The molecule has 0 saturated carbocycles. The van der Waals surface area contributed by atoms with E-state index in [4.69, 9.17) is 19.2 Å². The van der Waals surface area contributed by atoms with Crippen molar-refractivity contribution >= 4 is 27.9 Å². The first-order chi connectivity index (χ1) is 14.2. The zero-order chi connectivity index (χ0) is 20.2. The quantitative estimate of drug-likeness (QED) is 0.485. The van der Waals surface area contributed by atoms with Gasteiger partial charge in [-0.3, -0.25) is 0 Å². The van der Waals surface area contributed by atoms with Crippen molar-refractivity contribution in [3.05, 3.63) is 72.3 Å². The second kappa shape index (κ2) is 8.06. The van der Waals surface area contributed by atoms with Gasteiger partial charge in [-0.2, -0.15) is 0 Å². The van der Waals surface area contributed by atoms with Crippen molar-refractivity contribution in [2.45, 2.75) is 6.61 Å². The van der Waals surface area contributed by atoms with E-state index in [9.17, 15) is 4.79 Å². The molecule has 1 heterocycles. The van der Waals surface area contributed by atoms with E-state index in [-0.39, 0.29) is 6.61 Å². The van der Waals surface area contributed by atoms with E-state index in [0.29, 0.717) is 5.75 Å². The van der Waals surface area contributed by atoms with Gasteiger partial charge in [0.1, 0.15) is 23.9 Å². The van der Waals surface area contributed by atoms with Gasteiger partial charge in [0.05, 0.1) is 18.1 Å². The number of ether oxygens (including phenoxy) is 3. The molecule has 6 heteroatoms. The number of rotatable bonds is 5. The Balaban J connectivity index is 1.70. The van der Waals surface area contributed by atoms with E-state index in [1.54, 1.807) is 7.11 Å². The van der Waals surface area contributed by atoms with E-state index in [1.807, 2.05) is 66.7 Å². The van der Waals surface area contributed by atoms with Crippen molar-refractivity contribution in [2.24, 2.45) is 0 Å². The van der Waals surface area contributed by atoms with Crippen LogP contribution in [-0.2, 0) is 11.3 Å². The van der Waals surface area contributed by atoms with Gasteiger partial charge in [0.2, 0.25) is 0 Å². The number of nitrogens with zero attached hydrogens (tertiary/aromatic N) is 1. The molecule has 146 valence electrons. The Morgan fingerprint density at radius 2 is 1.66 bits per heavy atom. The standard InChI is InChI=1S/C23H20N2O4/c1-24-23(26)28-14-15-7-9-16(10-8-15)29-22-18-5-3-4-6-20(18)25-21-13-17(27-2)11-12-19(21)22/h3-13H,14H2,1-2H3,(H,24,26). The minimum Gasteiger partial charge on any atom is -0.497 e. The lowest BCUT2D eigenvalue weighted by atomic mass is 10.1. The fraction of sp³-hybridized carbons (Fsp3) is 0.130. The molecule has 4 rings (SSSR count). The number of methoxy groups -OCH3 is 1. The Labute approximate surface area is 168 Å². The molecular formula is C23H20N2O4. The summed E-state index contributed by atoms with van der Waals surface area (Å²) < 4.78 is 16.7. The lowest BCUT2D eigenvalue weighted by Gasteiger charge is -2.13. The first kappa shape index (κ1) is 18.6. The van der Waals surface area contributed by atoms with Crippen LogP contribution in [0.3, 0.4) is 0 Å². The fourth-order valence-electron chi connectivity index (χ4n) is 3.06. The van der Waals surface area contributed by atoms with Gasteiger partial charge in [0.25, 0.3) is 0 Å². The zero-order valence-electron chi connectivity index (χ0n) is 16.1. The Morgan fingerprint density at radius 1 is 0.931 bits per heavy atom. The van der Waals surface area contributed by atoms with Gasteiger partial charge >= 0.3 is 6.09 Å². The summed E-state index contributed by atoms with van der Waals surface area (Å²) in [5, 5.41) is 4.25. The average Bonchev–Trinajstić information content (AvgIpc) is 2.77. The summed E-state index contributed by atoms with van der Waals surface area (Å²) in [7, 11) is 3.16. The highest BCUT2D eigenvalue weighted by molar-refractivity contribution is 6.01. The zero-order valence-corrected chi connectivity index (χ0v) is 16.1. The SMILES string of the molecule is CNC(=O)OCc1ccc(Oc2c3ccccc3nc3cc(OC)ccc23)cc1. The molecule has 0 spiro atoms. The average molecular weight is 388 g/mol. The topological polar surface area (TPSA) is 69.7 Å². The highest BCUT2D eigenvalue weighted by Crippen LogP contribution is 2.37. The lowest BCUT2D eigenvalue weighted by Crippen LogP contribution is -2.18. The van der Waals surface area contributed by atoms with Gasteiger partial charge in [0.15, 0.2) is 0 Å². The number of fused-ring (bicyclic) bond motifs is 2. The van der Waals surface area contributed by atoms with Gasteiger partial charge in [-0.05, 0) is 42.0 Å². The summed E-state index contributed by atoms with van der Waals surface area (Å²) in [4.78, 5) is 16.0. The van der Waals surface area contributed by atoms with E-state index < -0.39 is 6.09 Å². The normalized spacial score (nSPS) is 10.7. The third kappa shape index (κ3) is 3.91. The Bertz CT molecular complexity index is 1170. The summed E-state index contributed by atoms with van der Waals surface area (Å²) in [6.45, 7) is 0.195. The van der Waals surface area contributed by atoms with Crippen LogP contribution in [0.2, 0.25) is 0 Å². The Hall–Kier alpha value is -3.80. The number of nitrogens with one attached hydrogen (secondary N) is 1. The maximum absolute atomic E-state index is 11.2. The summed E-state index contributed by atoms with van der Waals surface area (Å²) in [5.41, 5.74) is 2.52. The number of amides is 1. The minimum atomic E-state index is -0.463. The number of para-hydroxylation sites is 1. The third-order valence-electron chi connectivity index (χ3n) is 4.56. The second-order valence-corrected chi connectivity index (χ2v) is 6.41. The molecule has 0 bridgehead atoms. The molecule has 3 aromatic carbocycles. The van der Waals surface area contributed by atoms with Gasteiger partial charge in [-0.1, -0.05) is 24.3 Å². The van der Waals surface area contributed by atoms with Crippen LogP contribution in [0.15, 0.2) is 66.7 Å². The van der Waals surface area contributed by atoms with Crippen molar-refractivity contribution in [1.82, 2.24) is 10.3 Å². The predicted octanol–water partition coefficient (Wildman–Crippen LogP) is 5.04. The van der Waals surface area contributed by atoms with E-state index in [1.165, 1.54) is 7.05 Å². The van der Waals surface area contributed by atoms with E-state index >= 15 is 0 Å². The highest BCUT2D eigenvalue weighted by Gasteiger charge is 2.12. The van der Waals surface area contributed by atoms with Gasteiger partial charge in [-0.25, -0.2) is 9.78 Å². The van der Waals surface area contributed by atoms with Gasteiger partial charge in [-0.15, -0.1) is 0 Å². The number of benzene rings is 3. The van der Waals surface area contributed by atoms with Gasteiger partial charge < -0.3 is 19.5 Å². The number of hydrogen-bond donors (Lipinski definition) is 1. The van der Waals surface area contributed by atoms with Crippen LogP contribution in [-0.4, -0.2) is 25.2 Å². The van der Waals surface area contributed by atoms with Crippen LogP contribution in [0.4, 0.5) is 4.79 Å². The molecule has 0 saturated heterocycles. The highest BCUT2D eigenvalue weighted by atomic mass is 16.5. The summed E-state index contributed by atoms with van der Waals surface area (Å²) >= 11 is 0. The monoisotopic (exact) mass is 388 g/mol. The molecule has 29 heavy (non-hydrogen) atoms. The maximum Gasteiger partial charge on any atom is 0.407 e. The molecule has 1 N–H and O–H groups in total. The number of carbonyl (C=O) groups is 1. The maximum atomic E-state index is 11.2. The third-order valence-corrected chi connectivity index (χ3v) is 4.56. The van der Waals surface area contributed by atoms with Gasteiger partial charge in [0, 0.05) is 23.9 Å². The molecule has 1 amide bonds. The van der Waals surface area contributed by atoms with Crippen LogP contribution >= 0.6 is 0 Å². The van der Waals surface area contributed by atoms with E-state index in [2.05, 4.69) is 5.32 Å². The molecule has 0 aliphatic carbocycles. The molecule has 6 nitrogen and oxygen atoms in total. The lowest BCUT2D eigenvalue weighted by molar-refractivity contribution is 0.142. The van der Waals surface area contributed by atoms with E-state index in [0.717, 1.165) is 38.9 Å². The minimum absolute atomic E-state index is 0.195. The van der Waals surface area contributed by atoms with Crippen molar-refractivity contribution in [1.29, 1.82) is 0 Å². The molecule has 0 radical (unpaired) electrons. The second-order valence-electron chi connectivity index (χ2n) is 6.41. The number of hydrogen-bond acceptors (Lipinski definition) is 5. The van der Waals surface area contributed by atoms with Crippen LogP contribution in [0, 0.1) is 0 Å². The first-order valence-electron chi connectivity index (χ1n) is 9.16. The fourth-order valence-corrected chi connectivity index (χ4v) is 3.06. The molecule has 0 fully saturated rings. The summed E-state index contributed by atoms with van der Waals surface area (Å²) in [5.74, 6) is 2.16. The van der Waals surface area contributed by atoms with Crippen molar-refractivity contribution in [3.8, 4) is 17.2 Å². The smallest absolute Gasteiger partial charge is 0.407 e. The van der Waals surface area contributed by atoms with Crippen molar-refractivity contribution in [3.63, 3.8) is 0 Å². The number of alkyl carbamates (subject to hydrolysis) is 1. The number of carbonyl (C=O) groups excluding carboxylic acids is 1. The molecular weight excluding hydrogens is 368 g/mol.